The minimum absolute atomic E-state index is 0.106. The highest BCUT2D eigenvalue weighted by Crippen LogP contribution is 2.20. The van der Waals surface area contributed by atoms with Gasteiger partial charge in [0.05, 0.1) is 6.42 Å². The Morgan fingerprint density at radius 2 is 2.15 bits per heavy atom. The Hall–Kier alpha value is -2.11. The summed E-state index contributed by atoms with van der Waals surface area (Å²) in [5, 5.41) is 8.74. The summed E-state index contributed by atoms with van der Waals surface area (Å²) >= 11 is 0. The number of aromatic nitrogens is 2. The topological polar surface area (TPSA) is 92.2 Å². The molecule has 1 aromatic rings. The van der Waals surface area contributed by atoms with E-state index >= 15 is 0 Å². The zero-order chi connectivity index (χ0) is 14.5. The zero-order valence-corrected chi connectivity index (χ0v) is 11.2. The van der Waals surface area contributed by atoms with E-state index in [4.69, 9.17) is 5.11 Å². The van der Waals surface area contributed by atoms with Gasteiger partial charge in [0.25, 0.3) is 5.56 Å². The number of carboxylic acid groups (broad SMARTS) is 1. The Balaban J connectivity index is 2.18. The van der Waals surface area contributed by atoms with Crippen molar-refractivity contribution >= 4 is 5.97 Å². The van der Waals surface area contributed by atoms with Gasteiger partial charge in [-0.05, 0) is 32.1 Å². The Morgan fingerprint density at radius 1 is 1.35 bits per heavy atom. The van der Waals surface area contributed by atoms with E-state index in [1.165, 1.54) is 18.2 Å². The van der Waals surface area contributed by atoms with Crippen molar-refractivity contribution in [3.8, 4) is 0 Å². The van der Waals surface area contributed by atoms with Crippen LogP contribution in [0.4, 0.5) is 0 Å². The second kappa shape index (κ2) is 6.36. The number of allylic oxidation sites excluding steroid dienone is 2. The number of aromatic amines is 1. The number of nitrogens with one attached hydrogen (secondary N) is 1. The van der Waals surface area contributed by atoms with Gasteiger partial charge < -0.3 is 10.1 Å². The molecule has 0 bridgehead atoms. The monoisotopic (exact) mass is 278 g/mol. The van der Waals surface area contributed by atoms with Gasteiger partial charge in [0.15, 0.2) is 0 Å². The van der Waals surface area contributed by atoms with Gasteiger partial charge in [-0.1, -0.05) is 11.6 Å². The summed E-state index contributed by atoms with van der Waals surface area (Å²) in [6.45, 7) is 0.299. The van der Waals surface area contributed by atoms with Crippen LogP contribution in [0.3, 0.4) is 0 Å². The quantitative estimate of drug-likeness (QED) is 0.787. The van der Waals surface area contributed by atoms with Crippen LogP contribution in [0, 0.1) is 0 Å². The van der Waals surface area contributed by atoms with Crippen LogP contribution in [0.25, 0.3) is 0 Å². The summed E-state index contributed by atoms with van der Waals surface area (Å²) in [7, 11) is 0. The van der Waals surface area contributed by atoms with Crippen molar-refractivity contribution in [3.05, 3.63) is 44.2 Å². The van der Waals surface area contributed by atoms with Gasteiger partial charge in [0, 0.05) is 18.3 Å². The Labute approximate surface area is 115 Å². The highest BCUT2D eigenvalue weighted by molar-refractivity contribution is 5.69. The lowest BCUT2D eigenvalue weighted by Gasteiger charge is -2.13. The van der Waals surface area contributed by atoms with Gasteiger partial charge in [-0.15, -0.1) is 0 Å². The molecule has 0 saturated heterocycles. The van der Waals surface area contributed by atoms with Crippen molar-refractivity contribution in [1.82, 2.24) is 9.55 Å². The zero-order valence-electron chi connectivity index (χ0n) is 11.2. The van der Waals surface area contributed by atoms with E-state index in [-0.39, 0.29) is 12.0 Å². The summed E-state index contributed by atoms with van der Waals surface area (Å²) in [6.07, 6.45) is 8.06. The van der Waals surface area contributed by atoms with E-state index in [9.17, 15) is 14.4 Å². The fourth-order valence-electron chi connectivity index (χ4n) is 2.43. The number of aliphatic carboxylic acids is 1. The average Bonchev–Trinajstić information content (AvgIpc) is 2.43. The maximum atomic E-state index is 12.1. The fraction of sp³-hybridized carbons (Fsp3) is 0.500. The van der Waals surface area contributed by atoms with Crippen LogP contribution in [0.1, 0.15) is 37.7 Å². The normalized spacial score (nSPS) is 14.9. The van der Waals surface area contributed by atoms with Crippen molar-refractivity contribution in [1.29, 1.82) is 0 Å². The molecule has 1 heterocycles. The minimum Gasteiger partial charge on any atom is -0.481 e. The fourth-order valence-corrected chi connectivity index (χ4v) is 2.43. The Kier molecular flexibility index (Phi) is 4.55. The summed E-state index contributed by atoms with van der Waals surface area (Å²) in [6, 6.07) is 0. The summed E-state index contributed by atoms with van der Waals surface area (Å²) in [4.78, 5) is 36.8. The van der Waals surface area contributed by atoms with E-state index in [1.54, 1.807) is 0 Å². The molecule has 1 aliphatic rings. The standard InChI is InChI=1S/C14H18N2O4/c17-12(18)8-11-9-15-14(20)16(13(11)19)7-6-10-4-2-1-3-5-10/h4,9H,1-3,5-8H2,(H,15,20)(H,17,18). The predicted molar refractivity (Wildman–Crippen MR) is 73.8 cm³/mol. The molecule has 20 heavy (non-hydrogen) atoms. The first-order valence-electron chi connectivity index (χ1n) is 6.79. The van der Waals surface area contributed by atoms with Crippen molar-refractivity contribution in [2.45, 2.75) is 45.1 Å². The van der Waals surface area contributed by atoms with Gasteiger partial charge in [0.2, 0.25) is 0 Å². The molecule has 2 N–H and O–H groups in total. The first-order valence-corrected chi connectivity index (χ1v) is 6.79. The molecule has 1 aromatic heterocycles. The number of hydrogen-bond donors (Lipinski definition) is 2. The molecule has 0 aliphatic heterocycles. The molecular weight excluding hydrogens is 260 g/mol. The lowest BCUT2D eigenvalue weighted by atomic mass is 9.97. The number of carbonyl (C=O) groups is 1. The van der Waals surface area contributed by atoms with Gasteiger partial charge in [-0.3, -0.25) is 14.2 Å². The highest BCUT2D eigenvalue weighted by Gasteiger charge is 2.11. The molecule has 0 radical (unpaired) electrons. The molecule has 0 fully saturated rings. The van der Waals surface area contributed by atoms with Crippen molar-refractivity contribution in [2.24, 2.45) is 0 Å². The number of H-pyrrole nitrogens is 1. The van der Waals surface area contributed by atoms with Crippen molar-refractivity contribution in [2.75, 3.05) is 0 Å². The van der Waals surface area contributed by atoms with E-state index in [0.29, 0.717) is 13.0 Å². The van der Waals surface area contributed by atoms with E-state index in [0.717, 1.165) is 23.8 Å². The first-order chi connectivity index (χ1) is 9.58. The first kappa shape index (κ1) is 14.3. The third-order valence-corrected chi connectivity index (χ3v) is 3.52. The second-order valence-electron chi connectivity index (χ2n) is 5.00. The molecular formula is C14H18N2O4. The van der Waals surface area contributed by atoms with Gasteiger partial charge >= 0.3 is 11.7 Å². The van der Waals surface area contributed by atoms with Gasteiger partial charge in [-0.2, -0.15) is 0 Å². The van der Waals surface area contributed by atoms with Crippen LogP contribution in [-0.4, -0.2) is 20.6 Å². The number of carboxylic acids is 1. The van der Waals surface area contributed by atoms with Crippen molar-refractivity contribution in [3.63, 3.8) is 0 Å². The molecule has 2 rings (SSSR count). The number of nitrogens with zero attached hydrogens (tertiary/aromatic N) is 1. The maximum absolute atomic E-state index is 12.1. The van der Waals surface area contributed by atoms with E-state index < -0.39 is 17.2 Å². The smallest absolute Gasteiger partial charge is 0.328 e. The summed E-state index contributed by atoms with van der Waals surface area (Å²) in [5.41, 5.74) is 0.383. The Morgan fingerprint density at radius 3 is 2.80 bits per heavy atom. The maximum Gasteiger partial charge on any atom is 0.328 e. The minimum atomic E-state index is -1.09. The van der Waals surface area contributed by atoms with Gasteiger partial charge in [-0.25, -0.2) is 4.79 Å². The van der Waals surface area contributed by atoms with Crippen LogP contribution >= 0.6 is 0 Å². The lowest BCUT2D eigenvalue weighted by molar-refractivity contribution is -0.136. The predicted octanol–water partition coefficient (Wildman–Crippen LogP) is 1.05. The second-order valence-corrected chi connectivity index (χ2v) is 5.00. The van der Waals surface area contributed by atoms with Crippen LogP contribution < -0.4 is 11.2 Å². The van der Waals surface area contributed by atoms with Crippen LogP contribution in [0.5, 0.6) is 0 Å². The summed E-state index contributed by atoms with van der Waals surface area (Å²) in [5.74, 6) is -1.09. The third kappa shape index (κ3) is 3.46. The molecule has 0 aromatic carbocycles. The summed E-state index contributed by atoms with van der Waals surface area (Å²) < 4.78 is 1.09. The molecule has 108 valence electrons. The highest BCUT2D eigenvalue weighted by atomic mass is 16.4. The average molecular weight is 278 g/mol. The molecule has 6 heteroatoms. The number of rotatable bonds is 5. The van der Waals surface area contributed by atoms with Crippen molar-refractivity contribution < 1.29 is 9.90 Å². The largest absolute Gasteiger partial charge is 0.481 e. The molecule has 6 nitrogen and oxygen atoms in total. The Bertz CT molecular complexity index is 639. The molecule has 1 aliphatic carbocycles. The van der Waals surface area contributed by atoms with Gasteiger partial charge in [0.1, 0.15) is 0 Å². The molecule has 0 saturated carbocycles. The van der Waals surface area contributed by atoms with E-state index in [2.05, 4.69) is 11.1 Å². The van der Waals surface area contributed by atoms with Crippen LogP contribution in [-0.2, 0) is 17.8 Å². The molecule has 0 amide bonds. The third-order valence-electron chi connectivity index (χ3n) is 3.52. The molecule has 0 unspecified atom stereocenters. The SMILES string of the molecule is O=C(O)Cc1c[nH]c(=O)n(CCC2=CCCCC2)c1=O. The van der Waals surface area contributed by atoms with Crippen LogP contribution in [0.15, 0.2) is 27.4 Å². The number of hydrogen-bond acceptors (Lipinski definition) is 3. The molecule has 0 atom stereocenters. The van der Waals surface area contributed by atoms with E-state index in [1.807, 2.05) is 0 Å². The molecule has 0 spiro atoms. The lowest BCUT2D eigenvalue weighted by Crippen LogP contribution is -2.37. The van der Waals surface area contributed by atoms with Crippen LogP contribution in [0.2, 0.25) is 0 Å².